The van der Waals surface area contributed by atoms with Crippen LogP contribution in [0.15, 0.2) is 65.8 Å². The van der Waals surface area contributed by atoms with Crippen molar-refractivity contribution in [2.75, 3.05) is 20.8 Å². The number of benzene rings is 2. The van der Waals surface area contributed by atoms with E-state index in [-0.39, 0.29) is 0 Å². The van der Waals surface area contributed by atoms with Gasteiger partial charge in [0.1, 0.15) is 11.5 Å². The zero-order valence-corrected chi connectivity index (χ0v) is 17.4. The molecule has 7 nitrogen and oxygen atoms in total. The summed E-state index contributed by atoms with van der Waals surface area (Å²) in [5.41, 5.74) is 1.20. The number of hydrogen-bond donors (Lipinski definition) is 0. The molecule has 0 aliphatic heterocycles. The number of methoxy groups -OCH3 is 2. The third-order valence-electron chi connectivity index (χ3n) is 4.40. The molecule has 0 saturated carbocycles. The van der Waals surface area contributed by atoms with Crippen LogP contribution in [-0.2, 0) is 0 Å². The first-order chi connectivity index (χ1) is 14.7. The van der Waals surface area contributed by atoms with E-state index in [1.54, 1.807) is 36.1 Å². The highest BCUT2D eigenvalue weighted by molar-refractivity contribution is 5.97. The zero-order chi connectivity index (χ0) is 21.3. The fourth-order valence-corrected chi connectivity index (χ4v) is 2.80. The number of amides is 1. The van der Waals surface area contributed by atoms with Crippen LogP contribution in [0.25, 0.3) is 5.69 Å². The Labute approximate surface area is 175 Å². The molecule has 0 fully saturated rings. The van der Waals surface area contributed by atoms with Crippen LogP contribution in [0.4, 0.5) is 0 Å². The minimum atomic E-state index is -0.437. The van der Waals surface area contributed by atoms with Crippen molar-refractivity contribution in [1.29, 1.82) is 0 Å². The Morgan fingerprint density at radius 1 is 1.07 bits per heavy atom. The van der Waals surface area contributed by atoms with Gasteiger partial charge in [-0.2, -0.15) is 5.10 Å². The zero-order valence-electron chi connectivity index (χ0n) is 17.4. The summed E-state index contributed by atoms with van der Waals surface area (Å²) in [6.45, 7) is 2.65. The lowest BCUT2D eigenvalue weighted by molar-refractivity contribution is 0.0995. The average Bonchev–Trinajstić information content (AvgIpc) is 2.79. The van der Waals surface area contributed by atoms with E-state index in [9.17, 15) is 4.79 Å². The van der Waals surface area contributed by atoms with Gasteiger partial charge in [-0.1, -0.05) is 31.5 Å². The second-order valence-electron chi connectivity index (χ2n) is 6.48. The van der Waals surface area contributed by atoms with E-state index in [2.05, 4.69) is 17.0 Å². The van der Waals surface area contributed by atoms with Gasteiger partial charge in [0.2, 0.25) is 5.88 Å². The van der Waals surface area contributed by atoms with Crippen LogP contribution in [-0.4, -0.2) is 36.5 Å². The molecule has 0 bridgehead atoms. The summed E-state index contributed by atoms with van der Waals surface area (Å²) < 4.78 is 18.1. The summed E-state index contributed by atoms with van der Waals surface area (Å²) >= 11 is 0. The molecule has 0 saturated heterocycles. The van der Waals surface area contributed by atoms with E-state index >= 15 is 0 Å². The van der Waals surface area contributed by atoms with Crippen LogP contribution < -0.4 is 19.6 Å². The van der Waals surface area contributed by atoms with Crippen molar-refractivity contribution in [3.8, 4) is 23.1 Å². The standard InChI is InChI=1S/C23H25N3O4/c1-4-5-13-30-22-14-17(16-24-26(22)18-9-7-6-8-10-18)25-23(27)20-12-11-19(28-2)15-21(20)29-3/h6-12,14-16H,4-5,13H2,1-3H3. The summed E-state index contributed by atoms with van der Waals surface area (Å²) in [6.07, 6.45) is 3.46. The third-order valence-corrected chi connectivity index (χ3v) is 4.40. The largest absolute Gasteiger partial charge is 0.497 e. The number of rotatable bonds is 8. The summed E-state index contributed by atoms with van der Waals surface area (Å²) in [4.78, 5) is 17.0. The molecule has 0 aliphatic carbocycles. The lowest BCUT2D eigenvalue weighted by atomic mass is 10.2. The molecule has 0 atom stereocenters. The Hall–Kier alpha value is -3.61. The van der Waals surface area contributed by atoms with Gasteiger partial charge in [-0.25, -0.2) is 9.67 Å². The second kappa shape index (κ2) is 10.2. The van der Waals surface area contributed by atoms with Crippen molar-refractivity contribution in [1.82, 2.24) is 9.78 Å². The minimum absolute atomic E-state index is 0.339. The van der Waals surface area contributed by atoms with Gasteiger partial charge in [0.05, 0.1) is 43.6 Å². The highest BCUT2D eigenvalue weighted by atomic mass is 16.5. The molecule has 156 valence electrons. The SMILES string of the molecule is CCCCOc1cc(=NC(=O)c2ccc(OC)cc2OC)cnn1-c1ccccc1. The normalized spacial score (nSPS) is 11.2. The van der Waals surface area contributed by atoms with E-state index in [4.69, 9.17) is 14.2 Å². The molecular formula is C23H25N3O4. The van der Waals surface area contributed by atoms with E-state index in [1.165, 1.54) is 13.3 Å². The number of hydrogen-bond acceptors (Lipinski definition) is 5. The minimum Gasteiger partial charge on any atom is -0.497 e. The molecule has 0 radical (unpaired) electrons. The van der Waals surface area contributed by atoms with Crippen LogP contribution in [0.5, 0.6) is 17.4 Å². The van der Waals surface area contributed by atoms with Gasteiger partial charge in [-0.15, -0.1) is 0 Å². The summed E-state index contributed by atoms with van der Waals surface area (Å²) in [6, 6.07) is 16.3. The van der Waals surface area contributed by atoms with E-state index in [0.29, 0.717) is 34.9 Å². The van der Waals surface area contributed by atoms with Gasteiger partial charge in [-0.05, 0) is 30.7 Å². The molecule has 1 amide bonds. The van der Waals surface area contributed by atoms with Crippen molar-refractivity contribution in [3.05, 3.63) is 71.7 Å². The Kier molecular flexibility index (Phi) is 7.21. The van der Waals surface area contributed by atoms with Gasteiger partial charge in [0, 0.05) is 12.1 Å². The quantitative estimate of drug-likeness (QED) is 0.531. The molecule has 3 rings (SSSR count). The van der Waals surface area contributed by atoms with Crippen molar-refractivity contribution >= 4 is 5.91 Å². The number of para-hydroxylation sites is 1. The number of carbonyl (C=O) groups excluding carboxylic acids is 1. The number of carbonyl (C=O) groups is 1. The van der Waals surface area contributed by atoms with Crippen molar-refractivity contribution in [2.45, 2.75) is 19.8 Å². The van der Waals surface area contributed by atoms with E-state index in [0.717, 1.165) is 18.5 Å². The highest BCUT2D eigenvalue weighted by Crippen LogP contribution is 2.25. The maximum Gasteiger partial charge on any atom is 0.281 e. The van der Waals surface area contributed by atoms with Crippen LogP contribution in [0.1, 0.15) is 30.1 Å². The molecule has 1 aromatic heterocycles. The second-order valence-corrected chi connectivity index (χ2v) is 6.48. The maximum absolute atomic E-state index is 12.8. The lowest BCUT2D eigenvalue weighted by Crippen LogP contribution is -2.16. The van der Waals surface area contributed by atoms with Gasteiger partial charge in [0.25, 0.3) is 5.91 Å². The Bertz CT molecular complexity index is 1060. The molecule has 30 heavy (non-hydrogen) atoms. The first-order valence-corrected chi connectivity index (χ1v) is 9.75. The summed E-state index contributed by atoms with van der Waals surface area (Å²) in [7, 11) is 3.05. The van der Waals surface area contributed by atoms with Gasteiger partial charge in [0.15, 0.2) is 0 Å². The fourth-order valence-electron chi connectivity index (χ4n) is 2.80. The smallest absolute Gasteiger partial charge is 0.281 e. The fraction of sp³-hybridized carbons (Fsp3) is 0.261. The maximum atomic E-state index is 12.8. The van der Waals surface area contributed by atoms with Gasteiger partial charge < -0.3 is 14.2 Å². The molecule has 0 aliphatic rings. The van der Waals surface area contributed by atoms with E-state index < -0.39 is 5.91 Å². The first-order valence-electron chi connectivity index (χ1n) is 9.75. The molecule has 1 heterocycles. The average molecular weight is 407 g/mol. The van der Waals surface area contributed by atoms with Crippen molar-refractivity contribution in [3.63, 3.8) is 0 Å². The molecule has 0 spiro atoms. The van der Waals surface area contributed by atoms with E-state index in [1.807, 2.05) is 30.3 Å². The number of aromatic nitrogens is 2. The number of ether oxygens (including phenoxy) is 3. The third kappa shape index (κ3) is 5.05. The molecule has 0 unspecified atom stereocenters. The molecule has 2 aromatic carbocycles. The van der Waals surface area contributed by atoms with Crippen molar-refractivity contribution < 1.29 is 19.0 Å². The Morgan fingerprint density at radius 3 is 2.57 bits per heavy atom. The summed E-state index contributed by atoms with van der Waals surface area (Å²) in [5.74, 6) is 1.07. The topological polar surface area (TPSA) is 74.9 Å². The predicted octanol–water partition coefficient (Wildman–Crippen LogP) is 3.81. The van der Waals surface area contributed by atoms with Crippen LogP contribution in [0.2, 0.25) is 0 Å². The number of unbranched alkanes of at least 4 members (excludes halogenated alkanes) is 1. The van der Waals surface area contributed by atoms with Crippen molar-refractivity contribution in [2.24, 2.45) is 4.99 Å². The molecule has 3 aromatic rings. The van der Waals surface area contributed by atoms with Gasteiger partial charge in [-0.3, -0.25) is 4.79 Å². The van der Waals surface area contributed by atoms with Crippen LogP contribution in [0.3, 0.4) is 0 Å². The van der Waals surface area contributed by atoms with Crippen LogP contribution in [0, 0.1) is 0 Å². The molecule has 0 N–H and O–H groups in total. The number of nitrogens with zero attached hydrogens (tertiary/aromatic N) is 3. The van der Waals surface area contributed by atoms with Gasteiger partial charge >= 0.3 is 0 Å². The lowest BCUT2D eigenvalue weighted by Gasteiger charge is -2.13. The highest BCUT2D eigenvalue weighted by Gasteiger charge is 2.13. The predicted molar refractivity (Wildman–Crippen MR) is 113 cm³/mol. The molecule has 7 heteroatoms. The molecular weight excluding hydrogens is 382 g/mol. The first kappa shape index (κ1) is 21.1. The monoisotopic (exact) mass is 407 g/mol. The Morgan fingerprint density at radius 2 is 1.87 bits per heavy atom. The van der Waals surface area contributed by atoms with Crippen LogP contribution >= 0.6 is 0 Å². The summed E-state index contributed by atoms with van der Waals surface area (Å²) in [5, 5.41) is 4.84. The Balaban J connectivity index is 1.98.